The minimum Gasteiger partial charge on any atom is -0.313 e. The molecule has 2 rings (SSSR count). The molecule has 1 unspecified atom stereocenters. The van der Waals surface area contributed by atoms with Crippen LogP contribution in [0, 0.1) is 12.7 Å². The Bertz CT molecular complexity index is 551. The average molecular weight is 275 g/mol. The van der Waals surface area contributed by atoms with Gasteiger partial charge in [0, 0.05) is 10.9 Å². The highest BCUT2D eigenvalue weighted by Crippen LogP contribution is 2.35. The van der Waals surface area contributed by atoms with E-state index in [9.17, 15) is 4.39 Å². The van der Waals surface area contributed by atoms with Gasteiger partial charge in [0.2, 0.25) is 0 Å². The van der Waals surface area contributed by atoms with Crippen molar-refractivity contribution in [1.29, 1.82) is 0 Å². The molecule has 0 heterocycles. The Morgan fingerprint density at radius 1 is 1.11 bits per heavy atom. The Morgan fingerprint density at radius 3 is 2.42 bits per heavy atom. The average Bonchev–Trinajstić information content (AvgIpc) is 2.42. The Labute approximate surface area is 118 Å². The maximum Gasteiger partial charge on any atom is 0.137 e. The van der Waals surface area contributed by atoms with Crippen LogP contribution < -0.4 is 5.32 Å². The van der Waals surface area contributed by atoms with Gasteiger partial charge in [0.25, 0.3) is 0 Å². The van der Waals surface area contributed by atoms with Gasteiger partial charge in [-0.3, -0.25) is 0 Å². The molecule has 0 aliphatic heterocycles. The summed E-state index contributed by atoms with van der Waals surface area (Å²) >= 11 is 1.48. The molecule has 0 aliphatic carbocycles. The normalized spacial score (nSPS) is 12.4. The van der Waals surface area contributed by atoms with Crippen molar-refractivity contribution in [3.05, 3.63) is 59.4 Å². The summed E-state index contributed by atoms with van der Waals surface area (Å²) in [5.74, 6) is -0.162. The van der Waals surface area contributed by atoms with Crippen LogP contribution in [0.15, 0.2) is 52.3 Å². The van der Waals surface area contributed by atoms with Gasteiger partial charge < -0.3 is 5.32 Å². The van der Waals surface area contributed by atoms with Gasteiger partial charge >= 0.3 is 0 Å². The van der Waals surface area contributed by atoms with E-state index in [1.807, 2.05) is 51.2 Å². The molecule has 0 spiro atoms. The maximum absolute atomic E-state index is 14.1. The first-order chi connectivity index (χ1) is 9.11. The van der Waals surface area contributed by atoms with Gasteiger partial charge in [-0.1, -0.05) is 41.6 Å². The molecule has 2 aromatic rings. The second-order valence-electron chi connectivity index (χ2n) is 4.58. The largest absolute Gasteiger partial charge is 0.313 e. The monoisotopic (exact) mass is 275 g/mol. The minimum atomic E-state index is -0.162. The number of halogens is 1. The molecule has 100 valence electrons. The zero-order valence-electron chi connectivity index (χ0n) is 11.4. The molecule has 1 atom stereocenters. The van der Waals surface area contributed by atoms with Crippen LogP contribution in [0.4, 0.5) is 4.39 Å². The van der Waals surface area contributed by atoms with Crippen molar-refractivity contribution in [2.75, 3.05) is 7.05 Å². The van der Waals surface area contributed by atoms with Crippen molar-refractivity contribution in [3.8, 4) is 0 Å². The Balaban J connectivity index is 2.35. The third-order valence-corrected chi connectivity index (χ3v) is 4.28. The number of aryl methyl sites for hydroxylation is 1. The van der Waals surface area contributed by atoms with Crippen molar-refractivity contribution in [2.24, 2.45) is 0 Å². The summed E-state index contributed by atoms with van der Waals surface area (Å²) in [5, 5.41) is 3.16. The van der Waals surface area contributed by atoms with E-state index in [1.54, 1.807) is 6.07 Å². The minimum absolute atomic E-state index is 0.128. The molecule has 19 heavy (non-hydrogen) atoms. The summed E-state index contributed by atoms with van der Waals surface area (Å²) in [6.45, 7) is 4.08. The van der Waals surface area contributed by atoms with E-state index in [1.165, 1.54) is 23.4 Å². The van der Waals surface area contributed by atoms with Gasteiger partial charge in [-0.05, 0) is 44.7 Å². The van der Waals surface area contributed by atoms with E-state index in [4.69, 9.17) is 0 Å². The van der Waals surface area contributed by atoms with Crippen LogP contribution in [0.2, 0.25) is 0 Å². The zero-order chi connectivity index (χ0) is 13.8. The highest BCUT2D eigenvalue weighted by molar-refractivity contribution is 7.99. The molecular weight excluding hydrogens is 257 g/mol. The van der Waals surface area contributed by atoms with Gasteiger partial charge in [-0.15, -0.1) is 0 Å². The highest BCUT2D eigenvalue weighted by atomic mass is 32.2. The van der Waals surface area contributed by atoms with Crippen molar-refractivity contribution in [2.45, 2.75) is 29.7 Å². The Morgan fingerprint density at radius 2 is 1.79 bits per heavy atom. The zero-order valence-corrected chi connectivity index (χ0v) is 12.2. The Kier molecular flexibility index (Phi) is 4.61. The number of benzene rings is 2. The molecular formula is C16H18FNS. The molecule has 0 aromatic heterocycles. The second kappa shape index (κ2) is 6.22. The van der Waals surface area contributed by atoms with Gasteiger partial charge in [-0.25, -0.2) is 4.39 Å². The summed E-state index contributed by atoms with van der Waals surface area (Å²) < 4.78 is 14.1. The topological polar surface area (TPSA) is 12.0 Å². The summed E-state index contributed by atoms with van der Waals surface area (Å²) in [7, 11) is 1.88. The summed E-state index contributed by atoms with van der Waals surface area (Å²) in [5.41, 5.74) is 2.20. The number of hydrogen-bond donors (Lipinski definition) is 1. The first-order valence-electron chi connectivity index (χ1n) is 6.32. The fourth-order valence-electron chi connectivity index (χ4n) is 1.85. The standard InChI is InChI=1S/C16H18FNS/c1-11-7-9-13(10-8-11)19-16-14(12(2)18-3)5-4-6-15(16)17/h4-10,12,18H,1-3H3. The molecule has 0 bridgehead atoms. The van der Waals surface area contributed by atoms with E-state index < -0.39 is 0 Å². The van der Waals surface area contributed by atoms with Crippen molar-refractivity contribution in [3.63, 3.8) is 0 Å². The first-order valence-corrected chi connectivity index (χ1v) is 7.13. The Hall–Kier alpha value is -1.32. The molecule has 1 N–H and O–H groups in total. The van der Waals surface area contributed by atoms with E-state index >= 15 is 0 Å². The maximum atomic E-state index is 14.1. The molecule has 0 radical (unpaired) electrons. The molecule has 3 heteroatoms. The van der Waals surface area contributed by atoms with Gasteiger partial charge in [0.15, 0.2) is 0 Å². The number of hydrogen-bond acceptors (Lipinski definition) is 2. The van der Waals surface area contributed by atoms with Crippen LogP contribution in [0.3, 0.4) is 0 Å². The van der Waals surface area contributed by atoms with Crippen LogP contribution in [0.25, 0.3) is 0 Å². The van der Waals surface area contributed by atoms with Gasteiger partial charge in [0.05, 0.1) is 4.90 Å². The quantitative estimate of drug-likeness (QED) is 0.877. The lowest BCUT2D eigenvalue weighted by atomic mass is 10.1. The molecule has 2 aromatic carbocycles. The lowest BCUT2D eigenvalue weighted by molar-refractivity contribution is 0.576. The number of nitrogens with one attached hydrogen (secondary N) is 1. The molecule has 0 fully saturated rings. The lowest BCUT2D eigenvalue weighted by Crippen LogP contribution is -2.13. The summed E-state index contributed by atoms with van der Waals surface area (Å²) in [6.07, 6.45) is 0. The van der Waals surface area contributed by atoms with Crippen molar-refractivity contribution < 1.29 is 4.39 Å². The summed E-state index contributed by atoms with van der Waals surface area (Å²) in [6, 6.07) is 13.5. The van der Waals surface area contributed by atoms with E-state index in [0.29, 0.717) is 4.90 Å². The fraction of sp³-hybridized carbons (Fsp3) is 0.250. The third-order valence-electron chi connectivity index (χ3n) is 3.14. The van der Waals surface area contributed by atoms with E-state index in [2.05, 4.69) is 5.32 Å². The lowest BCUT2D eigenvalue weighted by Gasteiger charge is -2.16. The van der Waals surface area contributed by atoms with Crippen LogP contribution in [-0.4, -0.2) is 7.05 Å². The van der Waals surface area contributed by atoms with Crippen LogP contribution in [-0.2, 0) is 0 Å². The highest BCUT2D eigenvalue weighted by Gasteiger charge is 2.14. The molecule has 0 aliphatic rings. The predicted octanol–water partition coefficient (Wildman–Crippen LogP) is 4.57. The molecule has 0 saturated heterocycles. The van der Waals surface area contributed by atoms with E-state index in [-0.39, 0.29) is 11.9 Å². The van der Waals surface area contributed by atoms with Crippen LogP contribution >= 0.6 is 11.8 Å². The van der Waals surface area contributed by atoms with E-state index in [0.717, 1.165) is 10.5 Å². The van der Waals surface area contributed by atoms with Crippen molar-refractivity contribution in [1.82, 2.24) is 5.32 Å². The number of rotatable bonds is 4. The fourth-order valence-corrected chi connectivity index (χ4v) is 2.89. The molecule has 1 nitrogen and oxygen atoms in total. The predicted molar refractivity (Wildman–Crippen MR) is 79.2 cm³/mol. The smallest absolute Gasteiger partial charge is 0.137 e. The van der Waals surface area contributed by atoms with Crippen molar-refractivity contribution >= 4 is 11.8 Å². The first kappa shape index (κ1) is 14.1. The van der Waals surface area contributed by atoms with Crippen LogP contribution in [0.5, 0.6) is 0 Å². The third kappa shape index (κ3) is 3.37. The molecule has 0 amide bonds. The van der Waals surface area contributed by atoms with Gasteiger partial charge in [-0.2, -0.15) is 0 Å². The van der Waals surface area contributed by atoms with Gasteiger partial charge in [0.1, 0.15) is 5.82 Å². The van der Waals surface area contributed by atoms with Crippen LogP contribution in [0.1, 0.15) is 24.1 Å². The second-order valence-corrected chi connectivity index (χ2v) is 5.67. The SMILES string of the molecule is CNC(C)c1cccc(F)c1Sc1ccc(C)cc1. The molecule has 0 saturated carbocycles. The summed E-state index contributed by atoms with van der Waals surface area (Å²) in [4.78, 5) is 1.76.